The fourth-order valence-electron chi connectivity index (χ4n) is 5.76. The Morgan fingerprint density at radius 3 is 2.71 bits per heavy atom. The normalized spacial score (nSPS) is 20.3. The van der Waals surface area contributed by atoms with Crippen LogP contribution in [-0.2, 0) is 21.9 Å². The number of benzene rings is 3. The van der Waals surface area contributed by atoms with E-state index in [1.54, 1.807) is 11.0 Å². The second kappa shape index (κ2) is 9.93. The molecule has 2 N–H and O–H groups in total. The summed E-state index contributed by atoms with van der Waals surface area (Å²) in [6, 6.07) is 16.0. The summed E-state index contributed by atoms with van der Waals surface area (Å²) in [5, 5.41) is 12.2. The number of nitrogens with zero attached hydrogens (tertiary/aromatic N) is 3. The van der Waals surface area contributed by atoms with E-state index in [1.807, 2.05) is 73.0 Å². The maximum Gasteiger partial charge on any atom is 0.374 e. The summed E-state index contributed by atoms with van der Waals surface area (Å²) < 4.78 is 40.4. The van der Waals surface area contributed by atoms with E-state index in [-0.39, 0.29) is 0 Å². The lowest BCUT2D eigenvalue weighted by Gasteiger charge is -2.27. The molecule has 0 radical (unpaired) electrons. The standard InChI is InChI=1S/C30H30N4O6S/c1-18(16-27-33(3)28-21-8-6-5-7-19(21)9-11-25(28)40-27)15-26-32(2)23-17-20(10-12-24(23)39-26)34-14-13-22(29(34)30(35)36)31-41(4,37)38/h5-12,15-17,22,29,31H,13-14H2,1-4H3/p+1. The first-order chi connectivity index (χ1) is 19.5. The van der Waals surface area contributed by atoms with Crippen molar-refractivity contribution in [3.63, 3.8) is 0 Å². The minimum absolute atomic E-state index is 0.387. The van der Waals surface area contributed by atoms with Gasteiger partial charge in [0.15, 0.2) is 5.75 Å². The molecule has 1 aromatic heterocycles. The number of fused-ring (bicyclic) bond motifs is 4. The summed E-state index contributed by atoms with van der Waals surface area (Å²) in [4.78, 5) is 15.7. The zero-order chi connectivity index (χ0) is 29.1. The van der Waals surface area contributed by atoms with Crippen molar-refractivity contribution in [2.75, 3.05) is 29.6 Å². The fourth-order valence-corrected chi connectivity index (χ4v) is 6.55. The number of carboxylic acid groups (broad SMARTS) is 1. The van der Waals surface area contributed by atoms with Gasteiger partial charge < -0.3 is 24.1 Å². The number of ether oxygens (including phenoxy) is 1. The number of hydrogen-bond donors (Lipinski definition) is 2. The van der Waals surface area contributed by atoms with Crippen LogP contribution in [0, 0.1) is 0 Å². The van der Waals surface area contributed by atoms with Crippen molar-refractivity contribution in [1.29, 1.82) is 0 Å². The van der Waals surface area contributed by atoms with E-state index < -0.39 is 28.1 Å². The van der Waals surface area contributed by atoms with Gasteiger partial charge >= 0.3 is 11.9 Å². The van der Waals surface area contributed by atoms with E-state index in [9.17, 15) is 18.3 Å². The van der Waals surface area contributed by atoms with Crippen LogP contribution < -0.4 is 23.8 Å². The maximum atomic E-state index is 12.1. The van der Waals surface area contributed by atoms with Crippen LogP contribution in [0.25, 0.3) is 27.9 Å². The first kappa shape index (κ1) is 26.9. The van der Waals surface area contributed by atoms with Gasteiger partial charge in [0.05, 0.1) is 29.4 Å². The highest BCUT2D eigenvalue weighted by atomic mass is 32.2. The van der Waals surface area contributed by atoms with Gasteiger partial charge in [0, 0.05) is 25.4 Å². The third-order valence-corrected chi connectivity index (χ3v) is 8.37. The third-order valence-electron chi connectivity index (χ3n) is 7.64. The molecule has 0 amide bonds. The summed E-state index contributed by atoms with van der Waals surface area (Å²) in [6.45, 7) is 2.38. The molecule has 212 valence electrons. The van der Waals surface area contributed by atoms with E-state index in [2.05, 4.69) is 22.9 Å². The Hall–Kier alpha value is -4.35. The summed E-state index contributed by atoms with van der Waals surface area (Å²) in [7, 11) is 0.320. The number of allylic oxidation sites excluding steroid dienone is 2. The van der Waals surface area contributed by atoms with Crippen molar-refractivity contribution in [1.82, 2.24) is 4.72 Å². The number of sulfonamides is 1. The Balaban J connectivity index is 1.27. The molecule has 2 atom stereocenters. The van der Waals surface area contributed by atoms with Crippen molar-refractivity contribution >= 4 is 55.3 Å². The van der Waals surface area contributed by atoms with Crippen LogP contribution >= 0.6 is 0 Å². The lowest BCUT2D eigenvalue weighted by Crippen LogP contribution is -2.49. The molecule has 41 heavy (non-hydrogen) atoms. The van der Waals surface area contributed by atoms with Crippen LogP contribution in [0.2, 0.25) is 0 Å². The molecule has 10 nitrogen and oxygen atoms in total. The van der Waals surface area contributed by atoms with E-state index in [0.717, 1.165) is 39.4 Å². The van der Waals surface area contributed by atoms with E-state index in [0.29, 0.717) is 36.2 Å². The summed E-state index contributed by atoms with van der Waals surface area (Å²) in [5.41, 5.74) is 4.21. The van der Waals surface area contributed by atoms with Gasteiger partial charge in [-0.3, -0.25) is 0 Å². The molecule has 2 aliphatic heterocycles. The van der Waals surface area contributed by atoms with Crippen LogP contribution in [0.3, 0.4) is 0 Å². The van der Waals surface area contributed by atoms with Gasteiger partial charge in [-0.25, -0.2) is 17.9 Å². The second-order valence-electron chi connectivity index (χ2n) is 10.6. The molecule has 0 bridgehead atoms. The minimum atomic E-state index is -3.55. The van der Waals surface area contributed by atoms with Crippen LogP contribution in [0.5, 0.6) is 5.75 Å². The molecule has 3 heterocycles. The topological polar surface area (TPSA) is 116 Å². The van der Waals surface area contributed by atoms with Crippen molar-refractivity contribution < 1.29 is 32.0 Å². The van der Waals surface area contributed by atoms with Gasteiger partial charge in [0.2, 0.25) is 21.5 Å². The number of oxazole rings is 1. The zero-order valence-corrected chi connectivity index (χ0v) is 24.0. The smallest absolute Gasteiger partial charge is 0.374 e. The molecule has 1 saturated heterocycles. The van der Waals surface area contributed by atoms with Crippen LogP contribution in [-0.4, -0.2) is 51.4 Å². The van der Waals surface area contributed by atoms with Gasteiger partial charge in [0.25, 0.3) is 5.52 Å². The number of anilines is 2. The monoisotopic (exact) mass is 575 g/mol. The first-order valence-corrected chi connectivity index (χ1v) is 15.1. The molecule has 3 aromatic carbocycles. The number of aromatic nitrogens is 1. The predicted molar refractivity (Wildman–Crippen MR) is 157 cm³/mol. The second-order valence-corrected chi connectivity index (χ2v) is 12.4. The molecular weight excluding hydrogens is 544 g/mol. The molecule has 4 aromatic rings. The number of rotatable bonds is 6. The van der Waals surface area contributed by atoms with Gasteiger partial charge in [0.1, 0.15) is 13.1 Å². The van der Waals surface area contributed by atoms with E-state index >= 15 is 0 Å². The fraction of sp³-hybridized carbons (Fsp3) is 0.267. The highest BCUT2D eigenvalue weighted by molar-refractivity contribution is 7.88. The summed E-state index contributed by atoms with van der Waals surface area (Å²) in [5.74, 6) is 0.884. The van der Waals surface area contributed by atoms with E-state index in [1.165, 1.54) is 0 Å². The Labute approximate surface area is 237 Å². The first-order valence-electron chi connectivity index (χ1n) is 13.2. The number of aryl methyl sites for hydroxylation is 1. The molecule has 0 spiro atoms. The van der Waals surface area contributed by atoms with Crippen LogP contribution in [0.15, 0.2) is 76.5 Å². The molecule has 11 heteroatoms. The van der Waals surface area contributed by atoms with Crippen molar-refractivity contribution in [3.05, 3.63) is 78.0 Å². The van der Waals surface area contributed by atoms with Crippen molar-refractivity contribution in [2.45, 2.75) is 25.4 Å². The Bertz CT molecular complexity index is 1880. The number of hydrogen-bond acceptors (Lipinski definition) is 7. The number of aliphatic carboxylic acids is 1. The van der Waals surface area contributed by atoms with Gasteiger partial charge in [-0.15, -0.1) is 0 Å². The van der Waals surface area contributed by atoms with Crippen LogP contribution in [0.1, 0.15) is 19.2 Å². The van der Waals surface area contributed by atoms with E-state index in [4.69, 9.17) is 9.15 Å². The number of carbonyl (C=O) groups is 1. The average Bonchev–Trinajstić information content (AvgIpc) is 3.57. The molecule has 2 unspecified atom stereocenters. The molecule has 6 rings (SSSR count). The average molecular weight is 576 g/mol. The van der Waals surface area contributed by atoms with Crippen molar-refractivity contribution in [2.24, 2.45) is 7.05 Å². The van der Waals surface area contributed by atoms with Gasteiger partial charge in [-0.2, -0.15) is 4.57 Å². The highest BCUT2D eigenvalue weighted by Crippen LogP contribution is 2.42. The van der Waals surface area contributed by atoms with Gasteiger partial charge in [-0.1, -0.05) is 24.3 Å². The van der Waals surface area contributed by atoms with Gasteiger partial charge in [-0.05, 0) is 54.6 Å². The molecule has 1 fully saturated rings. The number of nitrogens with one attached hydrogen (secondary N) is 1. The molecule has 0 saturated carbocycles. The van der Waals surface area contributed by atoms with Crippen LogP contribution in [0.4, 0.5) is 11.4 Å². The lowest BCUT2D eigenvalue weighted by atomic mass is 10.1. The molecule has 0 aliphatic carbocycles. The lowest BCUT2D eigenvalue weighted by molar-refractivity contribution is -0.651. The minimum Gasteiger partial charge on any atom is -0.480 e. The quantitative estimate of drug-likeness (QED) is 0.334. The maximum absolute atomic E-state index is 12.1. The largest absolute Gasteiger partial charge is 0.480 e. The molecular formula is C30H31N4O6S+. The highest BCUT2D eigenvalue weighted by Gasteiger charge is 2.41. The Morgan fingerprint density at radius 1 is 1.17 bits per heavy atom. The number of carboxylic acids is 1. The third kappa shape index (κ3) is 4.91. The Morgan fingerprint density at radius 2 is 1.95 bits per heavy atom. The predicted octanol–water partition coefficient (Wildman–Crippen LogP) is 3.77. The SMILES string of the molecule is CC(/C=C1\Oc2ccc(N3CCC(NS(C)(=O)=O)C3C(=O)O)cc2N1C)=C\c1oc2ccc3ccccc3c2[n+]1C. The summed E-state index contributed by atoms with van der Waals surface area (Å²) >= 11 is 0. The zero-order valence-electron chi connectivity index (χ0n) is 23.2. The molecule has 2 aliphatic rings. The summed E-state index contributed by atoms with van der Waals surface area (Å²) in [6.07, 6.45) is 5.31. The van der Waals surface area contributed by atoms with Crippen molar-refractivity contribution in [3.8, 4) is 5.75 Å². The Kier molecular flexibility index (Phi) is 6.50.